The zero-order valence-electron chi connectivity index (χ0n) is 10.3. The first-order valence-electron chi connectivity index (χ1n) is 5.88. The SMILES string of the molecule is CCCNCc1cn(-c2c(Br)cc(Br)cc2Br)nn1. The minimum Gasteiger partial charge on any atom is -0.311 e. The van der Waals surface area contributed by atoms with Crippen molar-refractivity contribution in [3.8, 4) is 5.69 Å². The molecule has 1 aromatic heterocycles. The molecule has 102 valence electrons. The molecule has 0 radical (unpaired) electrons. The van der Waals surface area contributed by atoms with Crippen molar-refractivity contribution in [1.82, 2.24) is 20.3 Å². The Kier molecular flexibility index (Phi) is 5.56. The van der Waals surface area contributed by atoms with Crippen LogP contribution in [0.5, 0.6) is 0 Å². The van der Waals surface area contributed by atoms with Gasteiger partial charge < -0.3 is 5.32 Å². The minimum absolute atomic E-state index is 0.736. The number of nitrogens with one attached hydrogen (secondary N) is 1. The molecule has 19 heavy (non-hydrogen) atoms. The summed E-state index contributed by atoms with van der Waals surface area (Å²) in [5.41, 5.74) is 1.87. The maximum atomic E-state index is 4.17. The molecule has 0 saturated heterocycles. The first-order valence-corrected chi connectivity index (χ1v) is 8.26. The maximum Gasteiger partial charge on any atom is 0.0969 e. The molecule has 2 aromatic rings. The van der Waals surface area contributed by atoms with Crippen LogP contribution in [0, 0.1) is 0 Å². The largest absolute Gasteiger partial charge is 0.311 e. The van der Waals surface area contributed by atoms with E-state index in [0.717, 1.165) is 44.3 Å². The molecule has 7 heteroatoms. The van der Waals surface area contributed by atoms with Gasteiger partial charge >= 0.3 is 0 Å². The summed E-state index contributed by atoms with van der Waals surface area (Å²) < 4.78 is 4.67. The average Bonchev–Trinajstić information content (AvgIpc) is 2.76. The quantitative estimate of drug-likeness (QED) is 0.696. The van der Waals surface area contributed by atoms with Crippen LogP contribution in [-0.4, -0.2) is 21.5 Å². The predicted molar refractivity (Wildman–Crippen MR) is 86.5 cm³/mol. The highest BCUT2D eigenvalue weighted by Gasteiger charge is 2.11. The van der Waals surface area contributed by atoms with Crippen LogP contribution in [0.1, 0.15) is 19.0 Å². The number of rotatable bonds is 5. The van der Waals surface area contributed by atoms with Gasteiger partial charge in [0, 0.05) is 20.0 Å². The van der Waals surface area contributed by atoms with Crippen molar-refractivity contribution >= 4 is 47.8 Å². The Morgan fingerprint density at radius 2 is 1.89 bits per heavy atom. The molecule has 0 saturated carbocycles. The standard InChI is InChI=1S/C12H13Br3N4/c1-2-3-16-6-9-7-19(18-17-9)12-10(14)4-8(13)5-11(12)15/h4-5,7,16H,2-3,6H2,1H3. The lowest BCUT2D eigenvalue weighted by Gasteiger charge is -2.07. The van der Waals surface area contributed by atoms with Crippen molar-refractivity contribution in [2.24, 2.45) is 0 Å². The van der Waals surface area contributed by atoms with Crippen molar-refractivity contribution in [2.75, 3.05) is 6.54 Å². The number of hydrogen-bond donors (Lipinski definition) is 1. The summed E-state index contributed by atoms with van der Waals surface area (Å²) >= 11 is 10.5. The van der Waals surface area contributed by atoms with Gasteiger partial charge in [0.05, 0.1) is 17.6 Å². The Morgan fingerprint density at radius 3 is 2.53 bits per heavy atom. The van der Waals surface area contributed by atoms with Crippen molar-refractivity contribution in [1.29, 1.82) is 0 Å². The highest BCUT2D eigenvalue weighted by molar-refractivity contribution is 9.11. The van der Waals surface area contributed by atoms with Gasteiger partial charge in [-0.25, -0.2) is 4.68 Å². The van der Waals surface area contributed by atoms with E-state index in [-0.39, 0.29) is 0 Å². The van der Waals surface area contributed by atoms with Crippen molar-refractivity contribution < 1.29 is 0 Å². The number of aromatic nitrogens is 3. The third-order valence-corrected chi connectivity index (χ3v) is 4.15. The van der Waals surface area contributed by atoms with Crippen molar-refractivity contribution in [2.45, 2.75) is 19.9 Å². The van der Waals surface area contributed by atoms with Gasteiger partial charge in [0.1, 0.15) is 0 Å². The predicted octanol–water partition coefficient (Wildman–Crippen LogP) is 4.05. The molecule has 0 atom stereocenters. The van der Waals surface area contributed by atoms with Gasteiger partial charge in [-0.15, -0.1) is 5.10 Å². The van der Waals surface area contributed by atoms with Gasteiger partial charge in [0.15, 0.2) is 0 Å². The number of benzene rings is 1. The average molecular weight is 453 g/mol. The van der Waals surface area contributed by atoms with E-state index in [2.05, 4.69) is 70.3 Å². The summed E-state index contributed by atoms with van der Waals surface area (Å²) in [5.74, 6) is 0. The van der Waals surface area contributed by atoms with Crippen LogP contribution in [0.15, 0.2) is 31.7 Å². The van der Waals surface area contributed by atoms with Gasteiger partial charge in [-0.3, -0.25) is 0 Å². The fourth-order valence-corrected chi connectivity index (χ4v) is 4.26. The van der Waals surface area contributed by atoms with Crippen LogP contribution < -0.4 is 5.32 Å². The Hall–Kier alpha value is -0.240. The van der Waals surface area contributed by atoms with E-state index in [0.29, 0.717) is 0 Å². The third kappa shape index (κ3) is 3.87. The fraction of sp³-hybridized carbons (Fsp3) is 0.333. The van der Waals surface area contributed by atoms with Gasteiger partial charge in [0.25, 0.3) is 0 Å². The summed E-state index contributed by atoms with van der Waals surface area (Å²) in [6.45, 7) is 3.86. The molecule has 1 N–H and O–H groups in total. The van der Waals surface area contributed by atoms with Crippen molar-refractivity contribution in [3.63, 3.8) is 0 Å². The fourth-order valence-electron chi connectivity index (χ4n) is 1.64. The monoisotopic (exact) mass is 450 g/mol. The van der Waals surface area contributed by atoms with Gasteiger partial charge in [-0.1, -0.05) is 28.1 Å². The highest BCUT2D eigenvalue weighted by Crippen LogP contribution is 2.32. The Balaban J connectivity index is 2.23. The topological polar surface area (TPSA) is 42.7 Å². The third-order valence-electron chi connectivity index (χ3n) is 2.48. The maximum absolute atomic E-state index is 4.17. The van der Waals surface area contributed by atoms with E-state index in [1.165, 1.54) is 0 Å². The molecule has 4 nitrogen and oxygen atoms in total. The first kappa shape index (κ1) is 15.2. The van der Waals surface area contributed by atoms with E-state index in [9.17, 15) is 0 Å². The Bertz CT molecular complexity index is 545. The molecule has 0 unspecified atom stereocenters. The second-order valence-electron chi connectivity index (χ2n) is 4.05. The van der Waals surface area contributed by atoms with Crippen LogP contribution in [-0.2, 0) is 6.54 Å². The Labute approximate surface area is 137 Å². The molecule has 1 aromatic carbocycles. The van der Waals surface area contributed by atoms with Gasteiger partial charge in [-0.2, -0.15) is 0 Å². The highest BCUT2D eigenvalue weighted by atomic mass is 79.9. The molecular formula is C12H13Br3N4. The summed E-state index contributed by atoms with van der Waals surface area (Å²) in [4.78, 5) is 0. The molecule has 0 spiro atoms. The Morgan fingerprint density at radius 1 is 1.21 bits per heavy atom. The minimum atomic E-state index is 0.736. The van der Waals surface area contributed by atoms with Crippen LogP contribution >= 0.6 is 47.8 Å². The van der Waals surface area contributed by atoms with E-state index < -0.39 is 0 Å². The summed E-state index contributed by atoms with van der Waals surface area (Å²) in [6, 6.07) is 3.97. The molecule has 0 aliphatic rings. The van der Waals surface area contributed by atoms with Crippen LogP contribution in [0.4, 0.5) is 0 Å². The van der Waals surface area contributed by atoms with E-state index >= 15 is 0 Å². The molecule has 0 aliphatic heterocycles. The van der Waals surface area contributed by atoms with E-state index in [1.807, 2.05) is 18.3 Å². The molecule has 0 aliphatic carbocycles. The van der Waals surface area contributed by atoms with Crippen LogP contribution in [0.25, 0.3) is 5.69 Å². The lowest BCUT2D eigenvalue weighted by molar-refractivity contribution is 0.662. The van der Waals surface area contributed by atoms with Crippen LogP contribution in [0.2, 0.25) is 0 Å². The molecule has 2 rings (SSSR count). The van der Waals surface area contributed by atoms with Gasteiger partial charge in [0.2, 0.25) is 0 Å². The molecular weight excluding hydrogens is 440 g/mol. The van der Waals surface area contributed by atoms with Gasteiger partial charge in [-0.05, 0) is 57.0 Å². The van der Waals surface area contributed by atoms with Crippen molar-refractivity contribution in [3.05, 3.63) is 37.4 Å². The second kappa shape index (κ2) is 6.97. The normalized spacial score (nSPS) is 10.9. The van der Waals surface area contributed by atoms with E-state index in [4.69, 9.17) is 0 Å². The summed E-state index contributed by atoms with van der Waals surface area (Å²) in [5, 5.41) is 11.6. The van der Waals surface area contributed by atoms with Crippen LogP contribution in [0.3, 0.4) is 0 Å². The second-order valence-corrected chi connectivity index (χ2v) is 6.67. The summed E-state index contributed by atoms with van der Waals surface area (Å²) in [7, 11) is 0. The molecule has 0 amide bonds. The number of halogens is 3. The van der Waals surface area contributed by atoms with E-state index in [1.54, 1.807) is 4.68 Å². The lowest BCUT2D eigenvalue weighted by Crippen LogP contribution is -2.13. The molecule has 0 fully saturated rings. The molecule has 1 heterocycles. The number of nitrogens with zero attached hydrogens (tertiary/aromatic N) is 3. The zero-order chi connectivity index (χ0) is 13.8. The zero-order valence-corrected chi connectivity index (χ0v) is 15.1. The number of hydrogen-bond acceptors (Lipinski definition) is 3. The summed E-state index contributed by atoms with van der Waals surface area (Å²) in [6.07, 6.45) is 3.04. The molecule has 0 bridgehead atoms. The first-order chi connectivity index (χ1) is 9.11. The lowest BCUT2D eigenvalue weighted by atomic mass is 10.3. The smallest absolute Gasteiger partial charge is 0.0969 e.